The van der Waals surface area contributed by atoms with Gasteiger partial charge in [0.1, 0.15) is 5.75 Å². The van der Waals surface area contributed by atoms with Gasteiger partial charge >= 0.3 is 0 Å². The number of thioether (sulfide) groups is 1. The second-order valence-corrected chi connectivity index (χ2v) is 7.35. The van der Waals surface area contributed by atoms with Gasteiger partial charge in [0, 0.05) is 55.8 Å². The Morgan fingerprint density at radius 3 is 2.83 bits per heavy atom. The van der Waals surface area contributed by atoms with Gasteiger partial charge in [-0.3, -0.25) is 15.0 Å². The maximum atomic E-state index is 12.5. The van der Waals surface area contributed by atoms with E-state index < -0.39 is 0 Å². The molecular weight excluding hydrogens is 310 g/mol. The van der Waals surface area contributed by atoms with Crippen LogP contribution < -0.4 is 10.1 Å². The van der Waals surface area contributed by atoms with Crippen molar-refractivity contribution >= 4 is 17.7 Å². The van der Waals surface area contributed by atoms with E-state index in [1.54, 1.807) is 0 Å². The lowest BCUT2D eigenvalue weighted by Crippen LogP contribution is -2.54. The number of piperazine rings is 1. The second kappa shape index (κ2) is 6.71. The SMILES string of the molecule is O=C(C1CSCN1)N1CCN(C2CCOc3ccccc32)CC1. The summed E-state index contributed by atoms with van der Waals surface area (Å²) in [5, 5.41) is 3.28. The molecule has 2 atom stereocenters. The predicted molar refractivity (Wildman–Crippen MR) is 91.7 cm³/mol. The van der Waals surface area contributed by atoms with Gasteiger partial charge in [-0.2, -0.15) is 0 Å². The Hall–Kier alpha value is -1.24. The summed E-state index contributed by atoms with van der Waals surface area (Å²) in [7, 11) is 0. The van der Waals surface area contributed by atoms with Crippen LogP contribution >= 0.6 is 11.8 Å². The molecule has 3 aliphatic heterocycles. The number of nitrogens with one attached hydrogen (secondary N) is 1. The average molecular weight is 333 g/mol. The van der Waals surface area contributed by atoms with Gasteiger partial charge in [0.2, 0.25) is 5.91 Å². The highest BCUT2D eigenvalue weighted by Gasteiger charge is 2.33. The molecule has 2 saturated heterocycles. The molecule has 3 heterocycles. The Morgan fingerprint density at radius 1 is 1.22 bits per heavy atom. The van der Waals surface area contributed by atoms with Crippen molar-refractivity contribution in [3.8, 4) is 5.75 Å². The number of carbonyl (C=O) groups is 1. The van der Waals surface area contributed by atoms with Crippen molar-refractivity contribution < 1.29 is 9.53 Å². The normalized spacial score (nSPS) is 28.3. The van der Waals surface area contributed by atoms with Crippen LogP contribution in [0.3, 0.4) is 0 Å². The maximum absolute atomic E-state index is 12.5. The molecule has 23 heavy (non-hydrogen) atoms. The highest BCUT2D eigenvalue weighted by Crippen LogP contribution is 2.36. The summed E-state index contributed by atoms with van der Waals surface area (Å²) in [5.74, 6) is 3.11. The highest BCUT2D eigenvalue weighted by molar-refractivity contribution is 7.99. The van der Waals surface area contributed by atoms with E-state index in [4.69, 9.17) is 4.74 Å². The molecule has 0 radical (unpaired) electrons. The van der Waals surface area contributed by atoms with Crippen LogP contribution in [0.4, 0.5) is 0 Å². The Kier molecular flexibility index (Phi) is 4.46. The van der Waals surface area contributed by atoms with Crippen LogP contribution in [-0.2, 0) is 4.79 Å². The van der Waals surface area contributed by atoms with Crippen molar-refractivity contribution in [2.24, 2.45) is 0 Å². The first-order chi connectivity index (χ1) is 11.3. The van der Waals surface area contributed by atoms with Gasteiger partial charge in [0.25, 0.3) is 0 Å². The molecule has 1 aromatic rings. The largest absolute Gasteiger partial charge is 0.493 e. The van der Waals surface area contributed by atoms with E-state index in [9.17, 15) is 4.79 Å². The molecule has 0 bridgehead atoms. The Balaban J connectivity index is 1.39. The second-order valence-electron chi connectivity index (χ2n) is 6.32. The molecule has 0 aromatic heterocycles. The fourth-order valence-corrected chi connectivity index (χ4v) is 4.66. The molecule has 4 rings (SSSR count). The molecule has 1 N–H and O–H groups in total. The molecule has 1 amide bonds. The van der Waals surface area contributed by atoms with E-state index in [1.165, 1.54) is 5.56 Å². The van der Waals surface area contributed by atoms with Gasteiger partial charge < -0.3 is 9.64 Å². The number of para-hydroxylation sites is 1. The topological polar surface area (TPSA) is 44.8 Å². The molecule has 5 nitrogen and oxygen atoms in total. The van der Waals surface area contributed by atoms with Gasteiger partial charge in [-0.15, -0.1) is 11.8 Å². The van der Waals surface area contributed by atoms with Gasteiger partial charge in [-0.25, -0.2) is 0 Å². The van der Waals surface area contributed by atoms with Crippen molar-refractivity contribution in [2.45, 2.75) is 18.5 Å². The van der Waals surface area contributed by atoms with E-state index in [0.29, 0.717) is 6.04 Å². The molecule has 3 aliphatic rings. The minimum atomic E-state index is 0.0235. The smallest absolute Gasteiger partial charge is 0.240 e. The summed E-state index contributed by atoms with van der Waals surface area (Å²) in [5.41, 5.74) is 1.30. The summed E-state index contributed by atoms with van der Waals surface area (Å²) in [6, 6.07) is 8.81. The molecule has 6 heteroatoms. The van der Waals surface area contributed by atoms with Crippen LogP contribution in [0.2, 0.25) is 0 Å². The van der Waals surface area contributed by atoms with Crippen LogP contribution in [0, 0.1) is 0 Å². The fraction of sp³-hybridized carbons (Fsp3) is 0.588. The highest BCUT2D eigenvalue weighted by atomic mass is 32.2. The molecule has 2 fully saturated rings. The zero-order valence-electron chi connectivity index (χ0n) is 13.2. The summed E-state index contributed by atoms with van der Waals surface area (Å²) in [4.78, 5) is 17.0. The van der Waals surface area contributed by atoms with Gasteiger partial charge in [0.05, 0.1) is 12.6 Å². The van der Waals surface area contributed by atoms with Crippen molar-refractivity contribution in [3.05, 3.63) is 29.8 Å². The lowest BCUT2D eigenvalue weighted by Gasteiger charge is -2.41. The zero-order chi connectivity index (χ0) is 15.6. The molecule has 1 aromatic carbocycles. The minimum absolute atomic E-state index is 0.0235. The third-order valence-electron chi connectivity index (χ3n) is 5.01. The average Bonchev–Trinajstić information content (AvgIpc) is 3.15. The minimum Gasteiger partial charge on any atom is -0.493 e. The first-order valence-corrected chi connectivity index (χ1v) is 9.54. The standard InChI is InChI=1S/C17H23N3O2S/c21-17(14-11-23-12-18-14)20-8-6-19(7-9-20)15-5-10-22-16-4-2-1-3-13(15)16/h1-4,14-15,18H,5-12H2. The Bertz CT molecular complexity index is 569. The number of rotatable bonds is 2. The number of carbonyl (C=O) groups excluding carboxylic acids is 1. The summed E-state index contributed by atoms with van der Waals surface area (Å²) in [6.45, 7) is 4.35. The van der Waals surface area contributed by atoms with Crippen LogP contribution in [0.25, 0.3) is 0 Å². The maximum Gasteiger partial charge on any atom is 0.240 e. The Morgan fingerprint density at radius 2 is 2.04 bits per heavy atom. The van der Waals surface area contributed by atoms with E-state index in [1.807, 2.05) is 22.7 Å². The van der Waals surface area contributed by atoms with Crippen LogP contribution in [0.5, 0.6) is 5.75 Å². The van der Waals surface area contributed by atoms with E-state index in [0.717, 1.165) is 56.6 Å². The number of ether oxygens (including phenoxy) is 1. The molecule has 0 spiro atoms. The predicted octanol–water partition coefficient (Wildman–Crippen LogP) is 1.32. The monoisotopic (exact) mass is 333 g/mol. The number of benzene rings is 1. The summed E-state index contributed by atoms with van der Waals surface area (Å²) in [6.07, 6.45) is 1.03. The third kappa shape index (κ3) is 3.07. The lowest BCUT2D eigenvalue weighted by atomic mass is 9.98. The first-order valence-electron chi connectivity index (χ1n) is 8.38. The molecule has 0 saturated carbocycles. The zero-order valence-corrected chi connectivity index (χ0v) is 14.1. The van der Waals surface area contributed by atoms with Crippen molar-refractivity contribution in [2.75, 3.05) is 44.4 Å². The first kappa shape index (κ1) is 15.3. The number of hydrogen-bond acceptors (Lipinski definition) is 5. The summed E-state index contributed by atoms with van der Waals surface area (Å²) < 4.78 is 5.77. The third-order valence-corrected chi connectivity index (χ3v) is 5.95. The molecule has 124 valence electrons. The number of fused-ring (bicyclic) bond motifs is 1. The number of nitrogens with zero attached hydrogens (tertiary/aromatic N) is 2. The number of hydrogen-bond donors (Lipinski definition) is 1. The van der Waals surface area contributed by atoms with Crippen molar-refractivity contribution in [1.82, 2.24) is 15.1 Å². The van der Waals surface area contributed by atoms with Gasteiger partial charge in [-0.05, 0) is 6.07 Å². The van der Waals surface area contributed by atoms with E-state index in [2.05, 4.69) is 28.4 Å². The fourth-order valence-electron chi connectivity index (χ4n) is 3.73. The summed E-state index contributed by atoms with van der Waals surface area (Å²) >= 11 is 1.81. The molecule has 0 aliphatic carbocycles. The van der Waals surface area contributed by atoms with E-state index >= 15 is 0 Å². The van der Waals surface area contributed by atoms with Crippen molar-refractivity contribution in [1.29, 1.82) is 0 Å². The number of amides is 1. The van der Waals surface area contributed by atoms with E-state index in [-0.39, 0.29) is 11.9 Å². The van der Waals surface area contributed by atoms with Gasteiger partial charge in [0.15, 0.2) is 0 Å². The quantitative estimate of drug-likeness (QED) is 0.884. The van der Waals surface area contributed by atoms with Crippen LogP contribution in [0.1, 0.15) is 18.0 Å². The molecule has 2 unspecified atom stereocenters. The van der Waals surface area contributed by atoms with Crippen LogP contribution in [0.15, 0.2) is 24.3 Å². The van der Waals surface area contributed by atoms with Crippen molar-refractivity contribution in [3.63, 3.8) is 0 Å². The Labute approximate surface area is 141 Å². The van der Waals surface area contributed by atoms with Gasteiger partial charge in [-0.1, -0.05) is 18.2 Å². The molecular formula is C17H23N3O2S. The lowest BCUT2D eigenvalue weighted by molar-refractivity contribution is -0.134. The van der Waals surface area contributed by atoms with Crippen LogP contribution in [-0.4, -0.2) is 66.2 Å².